The molecule has 1 saturated carbocycles. The van der Waals surface area contributed by atoms with Crippen LogP contribution in [0.1, 0.15) is 50.2 Å². The highest BCUT2D eigenvalue weighted by Gasteiger charge is 2.66. The molecular weight excluding hydrogens is 398 g/mol. The first-order valence-corrected chi connectivity index (χ1v) is 11.0. The molecular formula is C24H27NO6. The van der Waals surface area contributed by atoms with Gasteiger partial charge in [-0.05, 0) is 43.5 Å². The number of aliphatic hydroxyl groups excluding tert-OH is 1. The predicted molar refractivity (Wildman–Crippen MR) is 110 cm³/mol. The minimum Gasteiger partial charge on any atom is -0.461 e. The van der Waals surface area contributed by atoms with E-state index in [1.165, 1.54) is 4.90 Å². The van der Waals surface area contributed by atoms with Crippen molar-refractivity contribution in [3.63, 3.8) is 0 Å². The van der Waals surface area contributed by atoms with Crippen LogP contribution in [0.25, 0.3) is 0 Å². The zero-order valence-corrected chi connectivity index (χ0v) is 17.4. The number of nitrogens with zero attached hydrogens (tertiary/aromatic N) is 1. The van der Waals surface area contributed by atoms with Gasteiger partial charge in [0.25, 0.3) is 0 Å². The smallest absolute Gasteiger partial charge is 0.238 e. The summed E-state index contributed by atoms with van der Waals surface area (Å²) in [5.41, 5.74) is 0.566. The molecule has 6 atom stereocenters. The van der Waals surface area contributed by atoms with Crippen molar-refractivity contribution in [2.45, 2.75) is 51.1 Å². The van der Waals surface area contributed by atoms with Gasteiger partial charge in [0, 0.05) is 11.8 Å². The van der Waals surface area contributed by atoms with Gasteiger partial charge < -0.3 is 19.4 Å². The molecule has 0 radical (unpaired) electrons. The summed E-state index contributed by atoms with van der Waals surface area (Å²) in [5, 5.41) is 21.0. The van der Waals surface area contributed by atoms with Gasteiger partial charge in [0.2, 0.25) is 11.8 Å². The number of hydrogen-bond acceptors (Lipinski definition) is 6. The van der Waals surface area contributed by atoms with Crippen LogP contribution in [0.2, 0.25) is 0 Å². The van der Waals surface area contributed by atoms with Crippen LogP contribution in [0.5, 0.6) is 0 Å². The Bertz CT molecular complexity index is 987. The SMILES string of the molecule is CCC[C@H]1C[C@@H]2C(=O)N(c3ccccc3)C(=O)[C@@H]2[C@@H]2C[C@@H](c3ccc(CO)o3)O[C@]12O. The minimum atomic E-state index is -1.49. The lowest BCUT2D eigenvalue weighted by Crippen LogP contribution is -2.53. The molecule has 2 aromatic rings. The zero-order valence-electron chi connectivity index (χ0n) is 17.4. The Kier molecular flexibility index (Phi) is 5.00. The van der Waals surface area contributed by atoms with Gasteiger partial charge in [-0.3, -0.25) is 14.5 Å². The fourth-order valence-electron chi connectivity index (χ4n) is 5.82. The first kappa shape index (κ1) is 20.4. The Labute approximate surface area is 180 Å². The Balaban J connectivity index is 1.51. The topological polar surface area (TPSA) is 100 Å². The molecule has 5 rings (SSSR count). The van der Waals surface area contributed by atoms with E-state index >= 15 is 0 Å². The summed E-state index contributed by atoms with van der Waals surface area (Å²) in [6, 6.07) is 12.4. The number of ether oxygens (including phenoxy) is 1. The van der Waals surface area contributed by atoms with Crippen molar-refractivity contribution < 1.29 is 29.0 Å². The van der Waals surface area contributed by atoms with Crippen LogP contribution < -0.4 is 4.90 Å². The summed E-state index contributed by atoms with van der Waals surface area (Å²) < 4.78 is 11.9. The lowest BCUT2D eigenvalue weighted by molar-refractivity contribution is -0.271. The number of fused-ring (bicyclic) bond motifs is 3. The molecule has 0 spiro atoms. The number of carbonyl (C=O) groups excluding carboxylic acids is 2. The molecule has 164 valence electrons. The van der Waals surface area contributed by atoms with E-state index in [1.54, 1.807) is 36.4 Å². The van der Waals surface area contributed by atoms with Gasteiger partial charge in [-0.15, -0.1) is 0 Å². The van der Waals surface area contributed by atoms with Crippen LogP contribution >= 0.6 is 0 Å². The number of rotatable bonds is 5. The van der Waals surface area contributed by atoms with Crippen LogP contribution in [-0.2, 0) is 20.9 Å². The van der Waals surface area contributed by atoms with E-state index in [1.807, 2.05) is 13.0 Å². The van der Waals surface area contributed by atoms with Crippen molar-refractivity contribution in [1.82, 2.24) is 0 Å². The average Bonchev–Trinajstić information content (AvgIpc) is 3.44. The normalized spacial score (nSPS) is 34.8. The maximum atomic E-state index is 13.5. The molecule has 31 heavy (non-hydrogen) atoms. The second kappa shape index (κ2) is 7.58. The lowest BCUT2D eigenvalue weighted by Gasteiger charge is -2.44. The molecule has 2 aliphatic heterocycles. The number of amides is 2. The maximum Gasteiger partial charge on any atom is 0.238 e. The third kappa shape index (κ3) is 3.06. The molecule has 2 saturated heterocycles. The van der Waals surface area contributed by atoms with Crippen molar-refractivity contribution >= 4 is 17.5 Å². The van der Waals surface area contributed by atoms with E-state index in [0.29, 0.717) is 36.5 Å². The van der Waals surface area contributed by atoms with Gasteiger partial charge in [-0.1, -0.05) is 31.5 Å². The Morgan fingerprint density at radius 2 is 1.87 bits per heavy atom. The number of hydrogen-bond donors (Lipinski definition) is 2. The van der Waals surface area contributed by atoms with Gasteiger partial charge in [0.1, 0.15) is 24.2 Å². The highest BCUT2D eigenvalue weighted by Crippen LogP contribution is 2.59. The van der Waals surface area contributed by atoms with E-state index in [-0.39, 0.29) is 24.3 Å². The Morgan fingerprint density at radius 1 is 1.10 bits per heavy atom. The Morgan fingerprint density at radius 3 is 2.55 bits per heavy atom. The molecule has 1 aliphatic carbocycles. The molecule has 7 nitrogen and oxygen atoms in total. The third-order valence-electron chi connectivity index (χ3n) is 7.17. The van der Waals surface area contributed by atoms with E-state index in [4.69, 9.17) is 9.15 Å². The van der Waals surface area contributed by atoms with E-state index < -0.39 is 29.6 Å². The van der Waals surface area contributed by atoms with Gasteiger partial charge in [-0.2, -0.15) is 0 Å². The Hall–Kier alpha value is -2.48. The van der Waals surface area contributed by atoms with Crippen molar-refractivity contribution in [3.8, 4) is 0 Å². The van der Waals surface area contributed by atoms with Crippen LogP contribution in [0.4, 0.5) is 5.69 Å². The second-order valence-corrected chi connectivity index (χ2v) is 8.86. The molecule has 1 aromatic heterocycles. The van der Waals surface area contributed by atoms with Gasteiger partial charge >= 0.3 is 0 Å². The number of furan rings is 1. The number of imide groups is 1. The van der Waals surface area contributed by atoms with Crippen molar-refractivity contribution in [2.75, 3.05) is 4.90 Å². The van der Waals surface area contributed by atoms with Crippen LogP contribution in [0.15, 0.2) is 46.9 Å². The summed E-state index contributed by atoms with van der Waals surface area (Å²) >= 11 is 0. The molecule has 0 unspecified atom stereocenters. The highest BCUT2D eigenvalue weighted by atomic mass is 16.6. The molecule has 1 aromatic carbocycles. The van der Waals surface area contributed by atoms with E-state index in [0.717, 1.165) is 6.42 Å². The van der Waals surface area contributed by atoms with E-state index in [9.17, 15) is 19.8 Å². The summed E-state index contributed by atoms with van der Waals surface area (Å²) in [4.78, 5) is 28.1. The molecule has 2 amide bonds. The van der Waals surface area contributed by atoms with Gasteiger partial charge in [0.15, 0.2) is 5.79 Å². The largest absolute Gasteiger partial charge is 0.461 e. The first-order valence-electron chi connectivity index (χ1n) is 11.0. The third-order valence-corrected chi connectivity index (χ3v) is 7.17. The monoisotopic (exact) mass is 425 g/mol. The summed E-state index contributed by atoms with van der Waals surface area (Å²) in [5.74, 6) is -2.82. The highest BCUT2D eigenvalue weighted by molar-refractivity contribution is 6.22. The number of carbonyl (C=O) groups is 2. The maximum absolute atomic E-state index is 13.5. The van der Waals surface area contributed by atoms with Crippen molar-refractivity contribution in [1.29, 1.82) is 0 Å². The fraction of sp³-hybridized carbons (Fsp3) is 0.500. The summed E-state index contributed by atoms with van der Waals surface area (Å²) in [6.07, 6.45) is 1.83. The molecule has 3 fully saturated rings. The zero-order chi connectivity index (χ0) is 21.8. The first-order chi connectivity index (χ1) is 15.0. The summed E-state index contributed by atoms with van der Waals surface area (Å²) in [6.45, 7) is 1.82. The molecule has 3 aliphatic rings. The molecule has 3 heterocycles. The second-order valence-electron chi connectivity index (χ2n) is 8.86. The average molecular weight is 425 g/mol. The van der Waals surface area contributed by atoms with Crippen molar-refractivity contribution in [2.24, 2.45) is 23.7 Å². The van der Waals surface area contributed by atoms with E-state index in [2.05, 4.69) is 0 Å². The number of anilines is 1. The van der Waals surface area contributed by atoms with Gasteiger partial charge in [0.05, 0.1) is 17.5 Å². The van der Waals surface area contributed by atoms with Crippen LogP contribution in [0.3, 0.4) is 0 Å². The summed E-state index contributed by atoms with van der Waals surface area (Å²) in [7, 11) is 0. The van der Waals surface area contributed by atoms with Crippen LogP contribution in [-0.4, -0.2) is 27.8 Å². The molecule has 7 heteroatoms. The van der Waals surface area contributed by atoms with Crippen LogP contribution in [0, 0.1) is 23.7 Å². The quantitative estimate of drug-likeness (QED) is 0.714. The number of benzene rings is 1. The predicted octanol–water partition coefficient (Wildman–Crippen LogP) is 3.16. The lowest BCUT2D eigenvalue weighted by atomic mass is 9.63. The molecule has 2 N–H and O–H groups in total. The fourth-order valence-corrected chi connectivity index (χ4v) is 5.82. The number of para-hydroxylation sites is 1. The number of aliphatic hydroxyl groups is 2. The standard InChI is InChI=1S/C24H27NO6/c1-2-6-14-11-17-21(23(28)25(22(17)27)15-7-4-3-5-8-15)18-12-20(31-24(14,18)29)19-10-9-16(13-26)30-19/h3-5,7-10,14,17-18,20-21,26,29H,2,6,11-13H2,1H3/t14-,17-,18-,20-,21-,24+/m0/s1. The minimum absolute atomic E-state index is 0.187. The molecule has 0 bridgehead atoms. The van der Waals surface area contributed by atoms with Crippen molar-refractivity contribution in [3.05, 3.63) is 54.0 Å². The van der Waals surface area contributed by atoms with Gasteiger partial charge in [-0.25, -0.2) is 0 Å².